The molecular weight excluding hydrogens is 943 g/mol. The molecule has 0 saturated carbocycles. The molecule has 0 fully saturated rings. The predicted molar refractivity (Wildman–Crippen MR) is 265 cm³/mol. The summed E-state index contributed by atoms with van der Waals surface area (Å²) in [5, 5.41) is 5.63. The van der Waals surface area contributed by atoms with Crippen LogP contribution < -0.4 is 16.4 Å². The molecule has 1 aliphatic rings. The number of carbonyl (C=O) groups excluding carboxylic acids is 6. The van der Waals surface area contributed by atoms with Crippen LogP contribution in [0.2, 0.25) is 0 Å². The lowest BCUT2D eigenvalue weighted by Gasteiger charge is -2.41. The maximum atomic E-state index is 15.2. The lowest BCUT2D eigenvalue weighted by atomic mass is 9.83. The van der Waals surface area contributed by atoms with Crippen molar-refractivity contribution in [3.05, 3.63) is 95.8 Å². The highest BCUT2D eigenvalue weighted by atomic mass is 32.2. The largest absolute Gasteiger partial charge is 0.450 e. The van der Waals surface area contributed by atoms with E-state index in [9.17, 15) is 33.2 Å². The molecule has 0 spiro atoms. The van der Waals surface area contributed by atoms with E-state index in [1.165, 1.54) is 28.8 Å². The van der Waals surface area contributed by atoms with Crippen molar-refractivity contribution in [3.63, 3.8) is 0 Å². The number of halogens is 2. The number of nitrogens with one attached hydrogen (secondary N) is 2. The van der Waals surface area contributed by atoms with E-state index < -0.39 is 29.2 Å². The molecule has 1 unspecified atom stereocenters. The monoisotopic (exact) mass is 1010 g/mol. The minimum absolute atomic E-state index is 0.00939. The van der Waals surface area contributed by atoms with Crippen molar-refractivity contribution < 1.29 is 61.2 Å². The fraction of sp³-hybridized carbons (Fsp3) is 0.529. The molecule has 1 aliphatic heterocycles. The number of aromatic nitrogens is 1. The van der Waals surface area contributed by atoms with E-state index >= 15 is 4.39 Å². The number of rotatable bonds is 35. The molecule has 0 saturated heterocycles. The van der Waals surface area contributed by atoms with Crippen LogP contribution in [0, 0.1) is 17.0 Å². The first kappa shape index (κ1) is 57.9. The van der Waals surface area contributed by atoms with Crippen LogP contribution >= 0.6 is 11.8 Å². The number of nitrogens with two attached hydrogens (primary N) is 1. The first-order chi connectivity index (χ1) is 34.1. The molecule has 3 aromatic rings. The zero-order chi connectivity index (χ0) is 51.4. The van der Waals surface area contributed by atoms with Crippen LogP contribution in [0.25, 0.3) is 11.1 Å². The maximum Gasteiger partial charge on any atom is 0.404 e. The SMILES string of the molecule is CC(C)(C)C(c1cc(-c2cc(F)ccc2F)cn1Cc1ccccc1)N(CCCOC(N)=O)C(=O)CSCCC(=O)NCCOCCOCCOCCOCCNC(=O)CCCCCN1C(=O)C=CC1=O. The summed E-state index contributed by atoms with van der Waals surface area (Å²) >= 11 is 1.32. The van der Waals surface area contributed by atoms with E-state index in [1.54, 1.807) is 17.2 Å². The van der Waals surface area contributed by atoms with Crippen LogP contribution in [0.5, 0.6) is 0 Å². The molecule has 71 heavy (non-hydrogen) atoms. The van der Waals surface area contributed by atoms with E-state index in [0.717, 1.165) is 30.2 Å². The molecular formula is C51H70F2N6O11S. The van der Waals surface area contributed by atoms with Crippen molar-refractivity contribution in [2.45, 2.75) is 71.9 Å². The van der Waals surface area contributed by atoms with E-state index in [0.29, 0.717) is 122 Å². The second-order valence-electron chi connectivity index (χ2n) is 17.7. The van der Waals surface area contributed by atoms with Gasteiger partial charge in [-0.15, -0.1) is 0 Å². The smallest absolute Gasteiger partial charge is 0.404 e. The van der Waals surface area contributed by atoms with Gasteiger partial charge in [0.05, 0.1) is 71.3 Å². The molecule has 4 rings (SSSR count). The summed E-state index contributed by atoms with van der Waals surface area (Å²) in [4.78, 5) is 76.3. The highest BCUT2D eigenvalue weighted by Crippen LogP contribution is 2.41. The van der Waals surface area contributed by atoms with Crippen molar-refractivity contribution >= 4 is 47.4 Å². The van der Waals surface area contributed by atoms with Crippen LogP contribution in [-0.2, 0) is 54.2 Å². The minimum atomic E-state index is -0.922. The average Bonchev–Trinajstić information content (AvgIpc) is 3.88. The van der Waals surface area contributed by atoms with E-state index in [4.69, 9.17) is 29.4 Å². The van der Waals surface area contributed by atoms with Crippen molar-refractivity contribution in [2.24, 2.45) is 11.1 Å². The highest BCUT2D eigenvalue weighted by Gasteiger charge is 2.37. The topological polar surface area (TPSA) is 210 Å². The summed E-state index contributed by atoms with van der Waals surface area (Å²) in [7, 11) is 0. The van der Waals surface area contributed by atoms with Crippen LogP contribution in [0.3, 0.4) is 0 Å². The van der Waals surface area contributed by atoms with Gasteiger partial charge in [0, 0.05) is 86.5 Å². The Kier molecular flexibility index (Phi) is 25.8. The van der Waals surface area contributed by atoms with Gasteiger partial charge in [-0.3, -0.25) is 28.9 Å². The molecule has 390 valence electrons. The van der Waals surface area contributed by atoms with Crippen molar-refractivity contribution in [1.82, 2.24) is 25.0 Å². The van der Waals surface area contributed by atoms with E-state index in [1.807, 2.05) is 55.7 Å². The van der Waals surface area contributed by atoms with Gasteiger partial charge in [0.25, 0.3) is 11.8 Å². The fourth-order valence-corrected chi connectivity index (χ4v) is 8.49. The van der Waals surface area contributed by atoms with E-state index in [2.05, 4.69) is 10.6 Å². The molecule has 17 nitrogen and oxygen atoms in total. The van der Waals surface area contributed by atoms with Crippen LogP contribution in [0.15, 0.2) is 72.9 Å². The Bertz CT molecular complexity index is 2170. The number of amides is 6. The summed E-state index contributed by atoms with van der Waals surface area (Å²) in [6.45, 7) is 10.5. The zero-order valence-corrected chi connectivity index (χ0v) is 42.0. The van der Waals surface area contributed by atoms with Crippen molar-refractivity contribution in [3.8, 4) is 11.1 Å². The molecule has 1 aromatic heterocycles. The van der Waals surface area contributed by atoms with E-state index in [-0.39, 0.29) is 60.4 Å². The maximum absolute atomic E-state index is 15.2. The first-order valence-electron chi connectivity index (χ1n) is 24.0. The summed E-state index contributed by atoms with van der Waals surface area (Å²) < 4.78 is 58.6. The summed E-state index contributed by atoms with van der Waals surface area (Å²) in [6, 6.07) is 14.2. The van der Waals surface area contributed by atoms with Gasteiger partial charge in [-0.05, 0) is 54.5 Å². The molecule has 0 bridgehead atoms. The third-order valence-corrected chi connectivity index (χ3v) is 12.0. The number of ether oxygens (including phenoxy) is 5. The van der Waals surface area contributed by atoms with Crippen LogP contribution in [0.1, 0.15) is 76.6 Å². The summed E-state index contributed by atoms with van der Waals surface area (Å²) in [5.41, 5.74) is 6.88. The molecule has 0 radical (unpaired) electrons. The number of nitrogens with zero attached hydrogens (tertiary/aromatic N) is 3. The Labute approximate surface area is 419 Å². The third-order valence-electron chi connectivity index (χ3n) is 11.0. The van der Waals surface area contributed by atoms with Gasteiger partial charge in [-0.1, -0.05) is 57.5 Å². The number of unbranched alkanes of at least 4 members (excludes halogenated alkanes) is 2. The number of primary amides is 1. The molecule has 1 atom stereocenters. The Hall–Kier alpha value is -5.67. The Morgan fingerprint density at radius 2 is 1.35 bits per heavy atom. The lowest BCUT2D eigenvalue weighted by Crippen LogP contribution is -2.44. The fourth-order valence-electron chi connectivity index (χ4n) is 7.67. The van der Waals surface area contributed by atoms with Gasteiger partial charge in [0.15, 0.2) is 0 Å². The lowest BCUT2D eigenvalue weighted by molar-refractivity contribution is -0.137. The predicted octanol–water partition coefficient (Wildman–Crippen LogP) is 5.79. The molecule has 6 amide bonds. The van der Waals surface area contributed by atoms with Crippen molar-refractivity contribution in [2.75, 3.05) is 97.1 Å². The third kappa shape index (κ3) is 21.7. The number of hydrogen-bond donors (Lipinski definition) is 3. The summed E-state index contributed by atoms with van der Waals surface area (Å²) in [5.74, 6) is -1.77. The highest BCUT2D eigenvalue weighted by molar-refractivity contribution is 7.99. The molecule has 2 aromatic carbocycles. The molecule has 4 N–H and O–H groups in total. The van der Waals surface area contributed by atoms with Gasteiger partial charge in [-0.25, -0.2) is 13.6 Å². The van der Waals surface area contributed by atoms with Crippen LogP contribution in [-0.4, -0.2) is 147 Å². The van der Waals surface area contributed by atoms with Gasteiger partial charge < -0.3 is 49.5 Å². The average molecular weight is 1010 g/mol. The number of imide groups is 1. The second-order valence-corrected chi connectivity index (χ2v) is 18.8. The quantitative estimate of drug-likeness (QED) is 0.0473. The first-order valence-corrected chi connectivity index (χ1v) is 25.2. The number of thioether (sulfide) groups is 1. The summed E-state index contributed by atoms with van der Waals surface area (Å²) in [6.07, 6.45) is 6.28. The second kappa shape index (κ2) is 31.6. The standard InChI is InChI=1S/C51H70F2N6O11S/c1-51(2,3)49(43-33-39(41-34-40(52)14-15-42(41)53)36-57(43)35-38-11-6-4-7-12-38)59(22-10-23-70-50(54)65)48(64)37-71-32-18-45(61)56-20-25-67-27-29-69-31-30-68-28-26-66-24-19-55-44(60)13-8-5-9-21-58-46(62)16-17-47(58)63/h4,6-7,11-12,14-17,33-34,36,49H,5,8-10,13,18-32,35,37H2,1-3H3,(H2,54,65)(H,55,60)(H,56,61). The van der Waals surface area contributed by atoms with Gasteiger partial charge >= 0.3 is 6.09 Å². The Morgan fingerprint density at radius 3 is 1.96 bits per heavy atom. The van der Waals surface area contributed by atoms with Gasteiger partial charge in [-0.2, -0.15) is 11.8 Å². The minimum Gasteiger partial charge on any atom is -0.450 e. The Morgan fingerprint density at radius 1 is 0.746 bits per heavy atom. The van der Waals surface area contributed by atoms with Gasteiger partial charge in [0.2, 0.25) is 17.7 Å². The van der Waals surface area contributed by atoms with Crippen LogP contribution in [0.4, 0.5) is 13.6 Å². The van der Waals surface area contributed by atoms with Crippen molar-refractivity contribution in [1.29, 1.82) is 0 Å². The van der Waals surface area contributed by atoms with Gasteiger partial charge in [0.1, 0.15) is 11.6 Å². The number of benzene rings is 2. The Balaban J connectivity index is 1.09. The number of carbonyl (C=O) groups is 6. The molecule has 2 heterocycles. The number of hydrogen-bond acceptors (Lipinski definition) is 12. The molecule has 20 heteroatoms. The normalized spacial score (nSPS) is 12.9. The zero-order valence-electron chi connectivity index (χ0n) is 41.1. The molecule has 0 aliphatic carbocycles.